The molecule has 4 aromatic rings. The number of carbonyl (C=O) groups excluding carboxylic acids is 1. The number of rotatable bonds is 10. The van der Waals surface area contributed by atoms with Crippen LogP contribution in [-0.4, -0.2) is 29.5 Å². The van der Waals surface area contributed by atoms with Crippen molar-refractivity contribution in [2.75, 3.05) is 12.4 Å². The molecule has 0 atom stereocenters. The molecule has 1 amide bonds. The fourth-order valence-electron chi connectivity index (χ4n) is 3.06. The molecule has 3 aromatic carbocycles. The van der Waals surface area contributed by atoms with Crippen molar-refractivity contribution in [1.29, 1.82) is 0 Å². The number of hydrazone groups is 1. The Morgan fingerprint density at radius 3 is 2.66 bits per heavy atom. The molecule has 4 rings (SSSR count). The molecule has 180 valence electrons. The number of ether oxygens (including phenoxy) is 2. The van der Waals surface area contributed by atoms with E-state index in [1.807, 2.05) is 31.2 Å². The molecule has 0 spiro atoms. The van der Waals surface area contributed by atoms with E-state index in [0.717, 1.165) is 11.1 Å². The average Bonchev–Trinajstić information content (AvgIpc) is 3.27. The van der Waals surface area contributed by atoms with Crippen LogP contribution in [0.15, 0.2) is 75.4 Å². The molecule has 1 aromatic heterocycles. The van der Waals surface area contributed by atoms with Crippen molar-refractivity contribution in [2.24, 2.45) is 5.10 Å². The van der Waals surface area contributed by atoms with Gasteiger partial charge in [-0.2, -0.15) is 5.10 Å². The number of hydrogen-bond donors (Lipinski definition) is 1. The second-order valence-electron chi connectivity index (χ2n) is 7.16. The lowest BCUT2D eigenvalue weighted by molar-refractivity contribution is -0.118. The Hall–Kier alpha value is -3.20. The van der Waals surface area contributed by atoms with Crippen molar-refractivity contribution in [2.45, 2.75) is 18.8 Å². The lowest BCUT2D eigenvalue weighted by atomic mass is 10.2. The summed E-state index contributed by atoms with van der Waals surface area (Å²) < 4.78 is 17.2. The standard InChI is InChI=1S/C25H21Cl2N3O4S/c1-2-32-23-12-16(10-11-22(23)33-14-17-18(26)6-5-7-19(17)27)13-28-30-24(31)15-35-25-29-20-8-3-4-9-21(20)34-25/h3-13H,2,14-15H2,1H3,(H,30,31)/b28-13-. The number of oxazole rings is 1. The summed E-state index contributed by atoms with van der Waals surface area (Å²) in [6.07, 6.45) is 1.53. The molecule has 35 heavy (non-hydrogen) atoms. The number of thioether (sulfide) groups is 1. The van der Waals surface area contributed by atoms with Gasteiger partial charge in [-0.1, -0.05) is 53.2 Å². The number of amides is 1. The first-order valence-electron chi connectivity index (χ1n) is 10.7. The Morgan fingerprint density at radius 1 is 1.09 bits per heavy atom. The third kappa shape index (κ3) is 6.69. The molecule has 0 bridgehead atoms. The second-order valence-corrected chi connectivity index (χ2v) is 8.90. The van der Waals surface area contributed by atoms with Crippen LogP contribution < -0.4 is 14.9 Å². The lowest BCUT2D eigenvalue weighted by Gasteiger charge is -2.14. The molecule has 0 fully saturated rings. The van der Waals surface area contributed by atoms with Gasteiger partial charge in [-0.3, -0.25) is 4.79 Å². The normalized spacial score (nSPS) is 11.2. The zero-order valence-corrected chi connectivity index (χ0v) is 21.0. The molecule has 0 unspecified atom stereocenters. The summed E-state index contributed by atoms with van der Waals surface area (Å²) in [6.45, 7) is 2.53. The van der Waals surface area contributed by atoms with Crippen LogP contribution >= 0.6 is 35.0 Å². The Bertz CT molecular complexity index is 1310. The Kier molecular flexibility index (Phi) is 8.52. The highest BCUT2D eigenvalue weighted by molar-refractivity contribution is 7.99. The average molecular weight is 530 g/mol. The second kappa shape index (κ2) is 12.0. The maximum Gasteiger partial charge on any atom is 0.257 e. The van der Waals surface area contributed by atoms with Crippen molar-refractivity contribution in [1.82, 2.24) is 10.4 Å². The minimum atomic E-state index is -0.282. The smallest absolute Gasteiger partial charge is 0.257 e. The molecule has 1 N–H and O–H groups in total. The number of aromatic nitrogens is 1. The first kappa shape index (κ1) is 24.9. The van der Waals surface area contributed by atoms with Crippen LogP contribution in [0.2, 0.25) is 10.0 Å². The molecule has 7 nitrogen and oxygen atoms in total. The van der Waals surface area contributed by atoms with E-state index >= 15 is 0 Å². The van der Waals surface area contributed by atoms with Crippen molar-refractivity contribution in [3.63, 3.8) is 0 Å². The third-order valence-corrected chi connectivity index (χ3v) is 6.24. The van der Waals surface area contributed by atoms with E-state index in [9.17, 15) is 4.79 Å². The maximum atomic E-state index is 12.1. The van der Waals surface area contributed by atoms with Gasteiger partial charge >= 0.3 is 0 Å². The molecular formula is C25H21Cl2N3O4S. The first-order chi connectivity index (χ1) is 17.0. The van der Waals surface area contributed by atoms with E-state index in [1.165, 1.54) is 18.0 Å². The number of carbonyl (C=O) groups is 1. The highest BCUT2D eigenvalue weighted by Crippen LogP contribution is 2.31. The monoisotopic (exact) mass is 529 g/mol. The SMILES string of the molecule is CCOc1cc(/C=N\NC(=O)CSc2nc3ccccc3o2)ccc1OCc1c(Cl)cccc1Cl. The Morgan fingerprint density at radius 2 is 1.89 bits per heavy atom. The number of hydrogen-bond acceptors (Lipinski definition) is 7. The van der Waals surface area contributed by atoms with Gasteiger partial charge in [0.05, 0.1) is 18.6 Å². The predicted molar refractivity (Wildman–Crippen MR) is 139 cm³/mol. The molecule has 0 aliphatic rings. The Balaban J connectivity index is 1.33. The summed E-state index contributed by atoms with van der Waals surface area (Å²) in [5.41, 5.74) is 5.35. The zero-order valence-electron chi connectivity index (χ0n) is 18.7. The minimum absolute atomic E-state index is 0.117. The van der Waals surface area contributed by atoms with E-state index in [2.05, 4.69) is 15.5 Å². The number of benzene rings is 3. The first-order valence-corrected chi connectivity index (χ1v) is 12.4. The fraction of sp³-hybridized carbons (Fsp3) is 0.160. The molecule has 0 saturated carbocycles. The number of halogens is 2. The molecule has 0 radical (unpaired) electrons. The van der Waals surface area contributed by atoms with Crippen molar-refractivity contribution < 1.29 is 18.7 Å². The van der Waals surface area contributed by atoms with Crippen LogP contribution in [0.3, 0.4) is 0 Å². The van der Waals surface area contributed by atoms with Crippen molar-refractivity contribution >= 4 is 58.2 Å². The van der Waals surface area contributed by atoms with Crippen LogP contribution in [0.4, 0.5) is 0 Å². The number of para-hydroxylation sites is 2. The van der Waals surface area contributed by atoms with Crippen LogP contribution in [0.1, 0.15) is 18.1 Å². The Labute approximate surface area is 216 Å². The van der Waals surface area contributed by atoms with Gasteiger partial charge in [0.15, 0.2) is 17.1 Å². The number of fused-ring (bicyclic) bond motifs is 1. The van der Waals surface area contributed by atoms with E-state index in [1.54, 1.807) is 36.4 Å². The predicted octanol–water partition coefficient (Wildman–Crippen LogP) is 6.35. The zero-order chi connectivity index (χ0) is 24.6. The van der Waals surface area contributed by atoms with Gasteiger partial charge in [-0.25, -0.2) is 10.4 Å². The molecular weight excluding hydrogens is 509 g/mol. The van der Waals surface area contributed by atoms with Crippen LogP contribution in [0.25, 0.3) is 11.1 Å². The van der Waals surface area contributed by atoms with Gasteiger partial charge in [0.1, 0.15) is 12.1 Å². The van der Waals surface area contributed by atoms with Crippen LogP contribution in [-0.2, 0) is 11.4 Å². The summed E-state index contributed by atoms with van der Waals surface area (Å²) >= 11 is 13.6. The van der Waals surface area contributed by atoms with Gasteiger partial charge in [0, 0.05) is 15.6 Å². The molecule has 0 saturated heterocycles. The van der Waals surface area contributed by atoms with Crippen molar-refractivity contribution in [3.05, 3.63) is 81.8 Å². The van der Waals surface area contributed by atoms with Gasteiger partial charge in [-0.05, 0) is 55.0 Å². The van der Waals surface area contributed by atoms with Crippen LogP contribution in [0, 0.1) is 0 Å². The van der Waals surface area contributed by atoms with E-state index < -0.39 is 0 Å². The number of nitrogens with zero attached hydrogens (tertiary/aromatic N) is 2. The van der Waals surface area contributed by atoms with Crippen LogP contribution in [0.5, 0.6) is 11.5 Å². The summed E-state index contributed by atoms with van der Waals surface area (Å²) in [7, 11) is 0. The molecule has 10 heteroatoms. The highest BCUT2D eigenvalue weighted by Gasteiger charge is 2.11. The van der Waals surface area contributed by atoms with E-state index in [-0.39, 0.29) is 18.3 Å². The summed E-state index contributed by atoms with van der Waals surface area (Å²) in [5.74, 6) is 0.914. The summed E-state index contributed by atoms with van der Waals surface area (Å²) in [5, 5.41) is 5.52. The summed E-state index contributed by atoms with van der Waals surface area (Å²) in [6, 6.07) is 18.1. The van der Waals surface area contributed by atoms with E-state index in [0.29, 0.717) is 44.5 Å². The topological polar surface area (TPSA) is 86.0 Å². The fourth-order valence-corrected chi connectivity index (χ4v) is 4.20. The highest BCUT2D eigenvalue weighted by atomic mass is 35.5. The van der Waals surface area contributed by atoms with Gasteiger partial charge in [-0.15, -0.1) is 0 Å². The number of nitrogens with one attached hydrogen (secondary N) is 1. The van der Waals surface area contributed by atoms with E-state index in [4.69, 9.17) is 37.1 Å². The van der Waals surface area contributed by atoms with Crippen molar-refractivity contribution in [3.8, 4) is 11.5 Å². The minimum Gasteiger partial charge on any atom is -0.490 e. The molecule has 0 aliphatic heterocycles. The quantitative estimate of drug-likeness (QED) is 0.146. The lowest BCUT2D eigenvalue weighted by Crippen LogP contribution is -2.19. The van der Waals surface area contributed by atoms with Gasteiger partial charge < -0.3 is 13.9 Å². The molecule has 0 aliphatic carbocycles. The maximum absolute atomic E-state index is 12.1. The van der Waals surface area contributed by atoms with Gasteiger partial charge in [0.2, 0.25) is 0 Å². The molecule has 1 heterocycles. The summed E-state index contributed by atoms with van der Waals surface area (Å²) in [4.78, 5) is 16.5. The third-order valence-electron chi connectivity index (χ3n) is 4.71. The largest absolute Gasteiger partial charge is 0.490 e. The van der Waals surface area contributed by atoms with Gasteiger partial charge in [0.25, 0.3) is 11.1 Å².